The van der Waals surface area contributed by atoms with Gasteiger partial charge in [0, 0.05) is 0 Å². The Hall–Kier alpha value is 2.40. The molecule has 0 saturated heterocycles. The number of hydrogen-bond donors (Lipinski definition) is 0. The van der Waals surface area contributed by atoms with Crippen LogP contribution in [0.25, 0.3) is 0 Å². The molecule has 0 N–H and O–H groups in total. The summed E-state index contributed by atoms with van der Waals surface area (Å²) in [5, 5.41) is 0. The van der Waals surface area contributed by atoms with E-state index in [0.717, 1.165) is 0 Å². The van der Waals surface area contributed by atoms with Crippen LogP contribution < -0.4 is 67.7 Å². The van der Waals surface area contributed by atoms with Crippen molar-refractivity contribution in [1.29, 1.82) is 0 Å². The molecule has 0 saturated carbocycles. The molecule has 0 aromatic carbocycles. The van der Waals surface area contributed by atoms with E-state index < -0.39 is 40.2 Å². The summed E-state index contributed by atoms with van der Waals surface area (Å²) in [4.78, 5) is 0. The summed E-state index contributed by atoms with van der Waals surface area (Å²) in [5.74, 6) is 0. The van der Waals surface area contributed by atoms with E-state index in [2.05, 4.69) is 0 Å². The van der Waals surface area contributed by atoms with Crippen LogP contribution in [0.2, 0.25) is 0 Å². The second-order valence-corrected chi connectivity index (χ2v) is 5.07. The summed E-state index contributed by atoms with van der Waals surface area (Å²) in [7, 11) is 0. The molecule has 0 aromatic rings. The Bertz CT molecular complexity index is 55.1. The van der Waals surface area contributed by atoms with E-state index in [0.29, 0.717) is 0 Å². The minimum Gasteiger partial charge on any atom is -0.286 e. The molecule has 11 heavy (non-hydrogen) atoms. The van der Waals surface area contributed by atoms with Gasteiger partial charge in [-0.25, -0.2) is 0 Å². The number of halogens is 2. The zero-order chi connectivity index (χ0) is 9.00. The number of hydrogen-bond acceptors (Lipinski definition) is 8. The molecule has 0 radical (unpaired) electrons. The Morgan fingerprint density at radius 3 is 0.455 bits per heavy atom. The van der Waals surface area contributed by atoms with Gasteiger partial charge in [0.25, 0.3) is 0 Å². The summed E-state index contributed by atoms with van der Waals surface area (Å²) in [6.07, 6.45) is 0. The molecule has 0 bridgehead atoms. The molecule has 0 aliphatic heterocycles. The molecule has 64 valence electrons. The first-order valence-electron chi connectivity index (χ1n) is 1.23. The van der Waals surface area contributed by atoms with Crippen molar-refractivity contribution in [1.82, 2.24) is 0 Å². The summed E-state index contributed by atoms with van der Waals surface area (Å²) in [6.45, 7) is 0. The van der Waals surface area contributed by atoms with E-state index in [4.69, 9.17) is 27.5 Å². The van der Waals surface area contributed by atoms with Crippen LogP contribution in [0.15, 0.2) is 0 Å². The fourth-order valence-electron chi connectivity index (χ4n) is 0. The van der Waals surface area contributed by atoms with Crippen molar-refractivity contribution in [3.8, 4) is 0 Å². The molecule has 0 aromatic heterocycles. The standard InChI is InChI=1S/Ca.2IO4/c;2*2-1(3,4)5/q+2;2*-1. The Labute approximate surface area is 104 Å². The van der Waals surface area contributed by atoms with Crippen LogP contribution in [-0.2, 0) is 0 Å². The Morgan fingerprint density at radius 1 is 0.455 bits per heavy atom. The monoisotopic (exact) mass is 422 g/mol. The van der Waals surface area contributed by atoms with Crippen molar-refractivity contribution in [3.05, 3.63) is 0 Å². The van der Waals surface area contributed by atoms with Gasteiger partial charge in [0.15, 0.2) is 0 Å². The third-order valence-corrected chi connectivity index (χ3v) is 0. The van der Waals surface area contributed by atoms with Crippen LogP contribution in [0.4, 0.5) is 0 Å². The Morgan fingerprint density at radius 2 is 0.455 bits per heavy atom. The van der Waals surface area contributed by atoms with E-state index in [1.165, 1.54) is 0 Å². The maximum absolute atomic E-state index is 8.62. The van der Waals surface area contributed by atoms with Crippen molar-refractivity contribution in [3.63, 3.8) is 0 Å². The predicted octanol–water partition coefficient (Wildman–Crippen LogP) is -15.9. The summed E-state index contributed by atoms with van der Waals surface area (Å²) >= 11 is -11.9. The molecule has 0 aliphatic rings. The average molecular weight is 422 g/mol. The van der Waals surface area contributed by atoms with Crippen LogP contribution >= 0.6 is 0 Å². The summed E-state index contributed by atoms with van der Waals surface area (Å²) in [5.41, 5.74) is 0. The maximum Gasteiger partial charge on any atom is 2.00 e. The Kier molecular flexibility index (Phi) is 13.5. The smallest absolute Gasteiger partial charge is 0.286 e. The van der Waals surface area contributed by atoms with Gasteiger partial charge < -0.3 is 0 Å². The molecular weight excluding hydrogens is 422 g/mol. The first kappa shape index (κ1) is 19.0. The van der Waals surface area contributed by atoms with Crippen LogP contribution in [-0.4, -0.2) is 37.7 Å². The SMILES string of the molecule is [Ca+2].[O-][I+3]([O-])([O-])[O-].[O-][I+3]([O-])([O-])[O-]. The molecule has 0 amide bonds. The van der Waals surface area contributed by atoms with Gasteiger partial charge in [-0.2, -0.15) is 0 Å². The molecule has 11 heteroatoms. The molecule has 0 atom stereocenters. The number of rotatable bonds is 0. The van der Waals surface area contributed by atoms with E-state index in [1.54, 1.807) is 0 Å². The average Bonchev–Trinajstić information content (AvgIpc) is 1.12. The zero-order valence-electron chi connectivity index (χ0n) is 4.73. The van der Waals surface area contributed by atoms with E-state index in [-0.39, 0.29) is 37.7 Å². The predicted molar refractivity (Wildman–Crippen MR) is 5.75 cm³/mol. The van der Waals surface area contributed by atoms with Crippen molar-refractivity contribution < 1.29 is 67.7 Å². The fourth-order valence-corrected chi connectivity index (χ4v) is 0. The maximum atomic E-state index is 8.62. The zero-order valence-corrected chi connectivity index (χ0v) is 11.3. The first-order valence-corrected chi connectivity index (χ1v) is 8.28. The minimum atomic E-state index is -5.94. The van der Waals surface area contributed by atoms with E-state index >= 15 is 0 Å². The fraction of sp³-hybridized carbons (Fsp3) is 0. The topological polar surface area (TPSA) is 184 Å². The molecular formula is CaI2O8. The summed E-state index contributed by atoms with van der Waals surface area (Å²) < 4.78 is 68.9. The third-order valence-electron chi connectivity index (χ3n) is 0. The Balaban J connectivity index is -0.000000107. The van der Waals surface area contributed by atoms with Gasteiger partial charge in [-0.15, -0.1) is 0 Å². The van der Waals surface area contributed by atoms with Crippen LogP contribution in [0.1, 0.15) is 0 Å². The second kappa shape index (κ2) is 7.77. The van der Waals surface area contributed by atoms with Crippen molar-refractivity contribution in [2.75, 3.05) is 0 Å². The van der Waals surface area contributed by atoms with Gasteiger partial charge in [0.1, 0.15) is 40.2 Å². The first-order chi connectivity index (χ1) is 4.00. The van der Waals surface area contributed by atoms with Crippen molar-refractivity contribution in [2.45, 2.75) is 0 Å². The van der Waals surface area contributed by atoms with Gasteiger partial charge >= 0.3 is 37.7 Å². The molecule has 0 fully saturated rings. The normalized spacial score (nSPS) is 10.9. The van der Waals surface area contributed by atoms with Crippen LogP contribution in [0.3, 0.4) is 0 Å². The molecule has 0 heterocycles. The van der Waals surface area contributed by atoms with Gasteiger partial charge in [-0.1, -0.05) is 0 Å². The largest absolute Gasteiger partial charge is 2.00 e. The minimum absolute atomic E-state index is 0. The van der Waals surface area contributed by atoms with Gasteiger partial charge in [-0.05, 0) is 0 Å². The molecule has 0 unspecified atom stereocenters. The van der Waals surface area contributed by atoms with Crippen molar-refractivity contribution in [2.24, 2.45) is 0 Å². The molecule has 0 aliphatic carbocycles. The molecule has 0 rings (SSSR count). The summed E-state index contributed by atoms with van der Waals surface area (Å²) in [6, 6.07) is 0. The van der Waals surface area contributed by atoms with E-state index in [1.807, 2.05) is 0 Å². The van der Waals surface area contributed by atoms with E-state index in [9.17, 15) is 0 Å². The van der Waals surface area contributed by atoms with Gasteiger partial charge in [0.05, 0.1) is 0 Å². The van der Waals surface area contributed by atoms with Crippen molar-refractivity contribution >= 4 is 37.7 Å². The van der Waals surface area contributed by atoms with Crippen LogP contribution in [0.5, 0.6) is 0 Å². The second-order valence-electron chi connectivity index (χ2n) is 0.756. The third kappa shape index (κ3) is 233. The molecule has 8 nitrogen and oxygen atoms in total. The quantitative estimate of drug-likeness (QED) is 0.272. The van der Waals surface area contributed by atoms with Crippen LogP contribution in [0, 0.1) is 0 Å². The van der Waals surface area contributed by atoms with Gasteiger partial charge in [-0.3, -0.25) is 27.5 Å². The van der Waals surface area contributed by atoms with Gasteiger partial charge in [0.2, 0.25) is 0 Å². The molecule has 0 spiro atoms.